The van der Waals surface area contributed by atoms with Crippen molar-refractivity contribution in [2.24, 2.45) is 28.6 Å². The Morgan fingerprint density at radius 1 is 1.00 bits per heavy atom. The Morgan fingerprint density at radius 2 is 1.77 bits per heavy atom. The van der Waals surface area contributed by atoms with Crippen LogP contribution in [0.5, 0.6) is 0 Å². The number of rotatable bonds is 1. The van der Waals surface area contributed by atoms with E-state index in [1.165, 1.54) is 5.57 Å². The summed E-state index contributed by atoms with van der Waals surface area (Å²) in [6.07, 6.45) is 10.7. The summed E-state index contributed by atoms with van der Waals surface area (Å²) < 4.78 is 0. The van der Waals surface area contributed by atoms with E-state index in [9.17, 15) is 9.59 Å². The number of benzene rings is 1. The van der Waals surface area contributed by atoms with Crippen molar-refractivity contribution in [3.05, 3.63) is 52.6 Å². The van der Waals surface area contributed by atoms with Gasteiger partial charge in [0.1, 0.15) is 0 Å². The van der Waals surface area contributed by atoms with Crippen LogP contribution < -0.4 is 0 Å². The van der Waals surface area contributed by atoms with Gasteiger partial charge in [-0.1, -0.05) is 31.6 Å². The number of hydrogen-bond donors (Lipinski definition) is 0. The number of allylic oxidation sites excluding steroid dienone is 2. The molecule has 154 valence electrons. The monoisotopic (exact) mass is 399 g/mol. The predicted octanol–water partition coefficient (Wildman–Crippen LogP) is 5.65. The first-order chi connectivity index (χ1) is 14.3. The SMILES string of the molecule is C[C@]12CCC(=O)C=C1CC[C@@H]1[C@H]2CC[C@]2(C)C(=O)C(=Cc3ccc(C#N)cc3)C[C@@H]12. The lowest BCUT2D eigenvalue weighted by atomic mass is 9.47. The van der Waals surface area contributed by atoms with Gasteiger partial charge in [0.2, 0.25) is 0 Å². The number of nitriles is 1. The summed E-state index contributed by atoms with van der Waals surface area (Å²) in [5.41, 5.74) is 3.87. The minimum atomic E-state index is -0.248. The van der Waals surface area contributed by atoms with Gasteiger partial charge in [-0.3, -0.25) is 9.59 Å². The summed E-state index contributed by atoms with van der Waals surface area (Å²) in [5, 5.41) is 9.01. The molecule has 5 rings (SSSR count). The van der Waals surface area contributed by atoms with Gasteiger partial charge in [-0.2, -0.15) is 5.26 Å². The molecule has 4 aliphatic rings. The molecule has 4 aliphatic carbocycles. The van der Waals surface area contributed by atoms with Gasteiger partial charge in [0, 0.05) is 11.8 Å². The molecule has 0 aliphatic heterocycles. The second-order valence-electron chi connectivity index (χ2n) is 10.4. The zero-order valence-electron chi connectivity index (χ0n) is 17.9. The quantitative estimate of drug-likeness (QED) is 0.573. The molecule has 0 amide bonds. The molecule has 3 nitrogen and oxygen atoms in total. The van der Waals surface area contributed by atoms with Crippen LogP contribution in [0.25, 0.3) is 6.08 Å². The summed E-state index contributed by atoms with van der Waals surface area (Å²) in [6.45, 7) is 4.59. The van der Waals surface area contributed by atoms with Crippen molar-refractivity contribution in [2.75, 3.05) is 0 Å². The van der Waals surface area contributed by atoms with E-state index in [1.54, 1.807) is 0 Å². The number of ketones is 2. The average Bonchev–Trinajstić information content (AvgIpc) is 3.00. The van der Waals surface area contributed by atoms with Crippen molar-refractivity contribution in [1.82, 2.24) is 0 Å². The van der Waals surface area contributed by atoms with E-state index in [1.807, 2.05) is 30.3 Å². The first-order valence-corrected chi connectivity index (χ1v) is 11.3. The smallest absolute Gasteiger partial charge is 0.165 e. The first kappa shape index (κ1) is 19.5. The van der Waals surface area contributed by atoms with Crippen LogP contribution in [-0.2, 0) is 9.59 Å². The van der Waals surface area contributed by atoms with Crippen molar-refractivity contribution in [3.8, 4) is 6.07 Å². The Bertz CT molecular complexity index is 1020. The lowest BCUT2D eigenvalue weighted by Crippen LogP contribution is -2.50. The highest BCUT2D eigenvalue weighted by Crippen LogP contribution is 2.65. The molecule has 0 unspecified atom stereocenters. The molecule has 0 spiro atoms. The minimum Gasteiger partial charge on any atom is -0.295 e. The standard InChI is InChI=1S/C27H29NO2/c1-26-11-9-21(29)15-20(26)7-8-22-23(26)10-12-27(2)24(22)14-19(25(27)30)13-17-3-5-18(16-28)6-4-17/h3-6,13,15,22-24H,7-12,14H2,1-2H3/t22-,23-,24+,26+,27+/m1/s1. The highest BCUT2D eigenvalue weighted by Gasteiger charge is 2.60. The van der Waals surface area contributed by atoms with Gasteiger partial charge >= 0.3 is 0 Å². The topological polar surface area (TPSA) is 57.9 Å². The normalized spacial score (nSPS) is 39.0. The molecule has 3 saturated carbocycles. The number of hydrogen-bond acceptors (Lipinski definition) is 3. The highest BCUT2D eigenvalue weighted by molar-refractivity contribution is 6.06. The summed E-state index contributed by atoms with van der Waals surface area (Å²) in [5.74, 6) is 2.19. The number of Topliss-reactive ketones (excluding diaryl/α,β-unsaturated/α-hetero) is 1. The average molecular weight is 400 g/mol. The van der Waals surface area contributed by atoms with Crippen LogP contribution in [-0.4, -0.2) is 11.6 Å². The maximum atomic E-state index is 13.5. The van der Waals surface area contributed by atoms with Crippen molar-refractivity contribution >= 4 is 17.6 Å². The largest absolute Gasteiger partial charge is 0.295 e. The molecule has 0 aromatic heterocycles. The van der Waals surface area contributed by atoms with Crippen LogP contribution in [0.4, 0.5) is 0 Å². The van der Waals surface area contributed by atoms with E-state index >= 15 is 0 Å². The lowest BCUT2D eigenvalue weighted by molar-refractivity contribution is -0.130. The summed E-state index contributed by atoms with van der Waals surface area (Å²) >= 11 is 0. The third kappa shape index (κ3) is 2.77. The van der Waals surface area contributed by atoms with E-state index in [4.69, 9.17) is 5.26 Å². The Hall–Kier alpha value is -2.47. The second-order valence-corrected chi connectivity index (χ2v) is 10.4. The Balaban J connectivity index is 1.46. The van der Waals surface area contributed by atoms with E-state index in [-0.39, 0.29) is 10.8 Å². The van der Waals surface area contributed by atoms with E-state index < -0.39 is 0 Å². The van der Waals surface area contributed by atoms with Crippen LogP contribution in [0.1, 0.15) is 69.9 Å². The first-order valence-electron chi connectivity index (χ1n) is 11.3. The molecule has 1 aromatic rings. The second kappa shape index (κ2) is 6.77. The third-order valence-corrected chi connectivity index (χ3v) is 8.98. The van der Waals surface area contributed by atoms with Gasteiger partial charge < -0.3 is 0 Å². The fraction of sp³-hybridized carbons (Fsp3) is 0.519. The molecule has 0 saturated heterocycles. The number of carbonyl (C=O) groups is 2. The molecule has 3 fully saturated rings. The summed E-state index contributed by atoms with van der Waals surface area (Å²) in [4.78, 5) is 25.5. The van der Waals surface area contributed by atoms with Crippen LogP contribution in [0.2, 0.25) is 0 Å². The zero-order chi connectivity index (χ0) is 21.1. The Labute approximate surface area is 178 Å². The van der Waals surface area contributed by atoms with Crippen molar-refractivity contribution in [2.45, 2.75) is 58.8 Å². The number of nitrogens with zero attached hydrogens (tertiary/aromatic N) is 1. The van der Waals surface area contributed by atoms with Gasteiger partial charge in [0.15, 0.2) is 11.6 Å². The molecule has 3 heteroatoms. The van der Waals surface area contributed by atoms with Gasteiger partial charge in [0.05, 0.1) is 11.6 Å². The van der Waals surface area contributed by atoms with Crippen molar-refractivity contribution in [3.63, 3.8) is 0 Å². The molecule has 0 N–H and O–H groups in total. The van der Waals surface area contributed by atoms with Crippen LogP contribution in [0.3, 0.4) is 0 Å². The third-order valence-electron chi connectivity index (χ3n) is 8.98. The summed E-state index contributed by atoms with van der Waals surface area (Å²) in [7, 11) is 0. The molecule has 30 heavy (non-hydrogen) atoms. The molecular weight excluding hydrogens is 370 g/mol. The Morgan fingerprint density at radius 3 is 2.50 bits per heavy atom. The maximum absolute atomic E-state index is 13.5. The van der Waals surface area contributed by atoms with E-state index in [2.05, 4.69) is 26.0 Å². The molecule has 5 atom stereocenters. The number of carbonyl (C=O) groups excluding carboxylic acids is 2. The van der Waals surface area contributed by atoms with Gasteiger partial charge in [-0.15, -0.1) is 0 Å². The van der Waals surface area contributed by atoms with Crippen LogP contribution in [0.15, 0.2) is 41.5 Å². The zero-order valence-corrected chi connectivity index (χ0v) is 17.9. The molecule has 0 radical (unpaired) electrons. The van der Waals surface area contributed by atoms with Gasteiger partial charge in [-0.05, 0) is 97.1 Å². The molecular formula is C27H29NO2. The predicted molar refractivity (Wildman–Crippen MR) is 116 cm³/mol. The van der Waals surface area contributed by atoms with E-state index in [0.717, 1.165) is 49.7 Å². The highest BCUT2D eigenvalue weighted by atomic mass is 16.1. The fourth-order valence-electron chi connectivity index (χ4n) is 7.21. The lowest BCUT2D eigenvalue weighted by Gasteiger charge is -2.56. The van der Waals surface area contributed by atoms with Crippen molar-refractivity contribution < 1.29 is 9.59 Å². The van der Waals surface area contributed by atoms with Crippen LogP contribution >= 0.6 is 0 Å². The fourth-order valence-corrected chi connectivity index (χ4v) is 7.21. The number of fused-ring (bicyclic) bond motifs is 5. The van der Waals surface area contributed by atoms with E-state index in [0.29, 0.717) is 41.3 Å². The summed E-state index contributed by atoms with van der Waals surface area (Å²) in [6, 6.07) is 9.65. The minimum absolute atomic E-state index is 0.140. The van der Waals surface area contributed by atoms with Crippen molar-refractivity contribution in [1.29, 1.82) is 5.26 Å². The molecule has 1 aromatic carbocycles. The van der Waals surface area contributed by atoms with Crippen LogP contribution in [0, 0.1) is 39.9 Å². The van der Waals surface area contributed by atoms with Gasteiger partial charge in [-0.25, -0.2) is 0 Å². The Kier molecular flexibility index (Phi) is 4.40. The molecule has 0 bridgehead atoms. The van der Waals surface area contributed by atoms with Gasteiger partial charge in [0.25, 0.3) is 0 Å². The molecule has 0 heterocycles. The maximum Gasteiger partial charge on any atom is 0.165 e.